The van der Waals surface area contributed by atoms with Crippen molar-refractivity contribution >= 4 is 5.82 Å². The van der Waals surface area contributed by atoms with Gasteiger partial charge in [-0.3, -0.25) is 0 Å². The topological polar surface area (TPSA) is 40.6 Å². The summed E-state index contributed by atoms with van der Waals surface area (Å²) in [6.45, 7) is 11.9. The molecule has 2 aliphatic heterocycles. The number of nitrogens with one attached hydrogen (secondary N) is 1. The molecule has 24 heavy (non-hydrogen) atoms. The Bertz CT molecular complexity index is 496. The predicted octanol–water partition coefficient (Wildman–Crippen LogP) is 2.27. The molecular formula is C19H32N4O. The molecule has 1 aromatic rings. The summed E-state index contributed by atoms with van der Waals surface area (Å²) in [5.74, 6) is 1.12. The summed E-state index contributed by atoms with van der Waals surface area (Å²) in [5.41, 5.74) is 1.32. The summed E-state index contributed by atoms with van der Waals surface area (Å²) < 4.78 is 5.73. The Hall–Kier alpha value is -1.17. The Morgan fingerprint density at radius 3 is 2.88 bits per heavy atom. The molecule has 0 bridgehead atoms. The van der Waals surface area contributed by atoms with Gasteiger partial charge in [0.2, 0.25) is 0 Å². The Morgan fingerprint density at radius 1 is 1.33 bits per heavy atom. The highest BCUT2D eigenvalue weighted by molar-refractivity contribution is 5.41. The van der Waals surface area contributed by atoms with Gasteiger partial charge in [0.1, 0.15) is 5.82 Å². The number of hydrogen-bond donors (Lipinski definition) is 1. The number of piperazine rings is 1. The first kappa shape index (κ1) is 17.6. The van der Waals surface area contributed by atoms with Crippen LogP contribution in [0, 0.1) is 0 Å². The maximum Gasteiger partial charge on any atom is 0.128 e. The highest BCUT2D eigenvalue weighted by Crippen LogP contribution is 2.18. The van der Waals surface area contributed by atoms with Crippen LogP contribution in [-0.4, -0.2) is 61.4 Å². The first-order valence-corrected chi connectivity index (χ1v) is 9.52. The normalized spacial score (nSPS) is 23.6. The lowest BCUT2D eigenvalue weighted by Crippen LogP contribution is -2.46. The highest BCUT2D eigenvalue weighted by Gasteiger charge is 2.19. The molecule has 0 aliphatic carbocycles. The molecule has 2 aliphatic rings. The monoisotopic (exact) mass is 332 g/mol. The maximum absolute atomic E-state index is 5.73. The molecule has 2 atom stereocenters. The van der Waals surface area contributed by atoms with Crippen molar-refractivity contribution in [1.82, 2.24) is 15.2 Å². The average molecular weight is 332 g/mol. The second-order valence-electron chi connectivity index (χ2n) is 7.10. The zero-order valence-electron chi connectivity index (χ0n) is 15.2. The van der Waals surface area contributed by atoms with Gasteiger partial charge in [0.15, 0.2) is 0 Å². The summed E-state index contributed by atoms with van der Waals surface area (Å²) in [6, 6.07) is 4.85. The minimum Gasteiger partial charge on any atom is -0.378 e. The van der Waals surface area contributed by atoms with Gasteiger partial charge < -0.3 is 19.9 Å². The fourth-order valence-electron chi connectivity index (χ4n) is 3.64. The molecule has 2 fully saturated rings. The lowest BCUT2D eigenvalue weighted by atomic mass is 10.1. The van der Waals surface area contributed by atoms with Gasteiger partial charge in [-0.25, -0.2) is 4.98 Å². The van der Waals surface area contributed by atoms with Crippen LogP contribution in [0.15, 0.2) is 18.3 Å². The molecule has 0 unspecified atom stereocenters. The average Bonchev–Trinajstić information content (AvgIpc) is 3.13. The highest BCUT2D eigenvalue weighted by atomic mass is 16.5. The second-order valence-corrected chi connectivity index (χ2v) is 7.10. The Kier molecular flexibility index (Phi) is 6.46. The van der Waals surface area contributed by atoms with E-state index in [0.717, 1.165) is 58.1 Å². The SMILES string of the molecule is CCN1CCN(c2cc(CN[C@H](C)C[C@@H]3CCCO3)ccn2)CC1. The molecule has 0 aromatic carbocycles. The van der Waals surface area contributed by atoms with Gasteiger partial charge in [-0.1, -0.05) is 6.92 Å². The van der Waals surface area contributed by atoms with E-state index >= 15 is 0 Å². The molecule has 1 N–H and O–H groups in total. The van der Waals surface area contributed by atoms with Crippen molar-refractivity contribution in [2.24, 2.45) is 0 Å². The molecule has 0 amide bonds. The van der Waals surface area contributed by atoms with Crippen molar-refractivity contribution in [3.8, 4) is 0 Å². The number of likely N-dealkylation sites (N-methyl/N-ethyl adjacent to an activating group) is 1. The lowest BCUT2D eigenvalue weighted by Gasteiger charge is -2.34. The molecular weight excluding hydrogens is 300 g/mol. The molecule has 0 saturated carbocycles. The van der Waals surface area contributed by atoms with E-state index < -0.39 is 0 Å². The standard InChI is InChI=1S/C19H32N4O/c1-3-22-8-10-23(11-9-22)19-14-17(6-7-20-19)15-21-16(2)13-18-5-4-12-24-18/h6-7,14,16,18,21H,3-5,8-13,15H2,1-2H3/t16-,18+/m1/s1. The summed E-state index contributed by atoms with van der Waals surface area (Å²) in [7, 11) is 0. The van der Waals surface area contributed by atoms with E-state index in [2.05, 4.69) is 46.1 Å². The third kappa shape index (κ3) is 4.91. The fraction of sp³-hybridized carbons (Fsp3) is 0.737. The van der Waals surface area contributed by atoms with E-state index in [9.17, 15) is 0 Å². The van der Waals surface area contributed by atoms with E-state index in [0.29, 0.717) is 12.1 Å². The van der Waals surface area contributed by atoms with Crippen LogP contribution in [0.5, 0.6) is 0 Å². The number of nitrogens with zero attached hydrogens (tertiary/aromatic N) is 3. The van der Waals surface area contributed by atoms with Crippen molar-refractivity contribution in [3.63, 3.8) is 0 Å². The number of rotatable bonds is 7. The smallest absolute Gasteiger partial charge is 0.128 e. The second kappa shape index (κ2) is 8.79. The molecule has 5 nitrogen and oxygen atoms in total. The summed E-state index contributed by atoms with van der Waals surface area (Å²) in [6.07, 6.45) is 5.95. The van der Waals surface area contributed by atoms with Gasteiger partial charge in [-0.05, 0) is 50.4 Å². The number of anilines is 1. The maximum atomic E-state index is 5.73. The summed E-state index contributed by atoms with van der Waals surface area (Å²) >= 11 is 0. The Labute approximate surface area is 146 Å². The Morgan fingerprint density at radius 2 is 2.17 bits per heavy atom. The third-order valence-electron chi connectivity index (χ3n) is 5.25. The van der Waals surface area contributed by atoms with Crippen molar-refractivity contribution in [3.05, 3.63) is 23.9 Å². The van der Waals surface area contributed by atoms with Gasteiger partial charge >= 0.3 is 0 Å². The minimum atomic E-state index is 0.454. The minimum absolute atomic E-state index is 0.454. The number of aromatic nitrogens is 1. The third-order valence-corrected chi connectivity index (χ3v) is 5.25. The van der Waals surface area contributed by atoms with Crippen LogP contribution in [0.3, 0.4) is 0 Å². The molecule has 1 aromatic heterocycles. The van der Waals surface area contributed by atoms with Crippen LogP contribution in [0.25, 0.3) is 0 Å². The molecule has 134 valence electrons. The molecule has 3 rings (SSSR count). The molecule has 0 radical (unpaired) electrons. The van der Waals surface area contributed by atoms with Gasteiger partial charge in [0, 0.05) is 51.6 Å². The molecule has 5 heteroatoms. The van der Waals surface area contributed by atoms with E-state index in [4.69, 9.17) is 4.74 Å². The van der Waals surface area contributed by atoms with Crippen LogP contribution in [0.1, 0.15) is 38.7 Å². The van der Waals surface area contributed by atoms with Crippen molar-refractivity contribution in [2.45, 2.75) is 51.8 Å². The lowest BCUT2D eigenvalue weighted by molar-refractivity contribution is 0.0961. The molecule has 0 spiro atoms. The van der Waals surface area contributed by atoms with Gasteiger partial charge in [0.25, 0.3) is 0 Å². The van der Waals surface area contributed by atoms with Gasteiger partial charge in [-0.2, -0.15) is 0 Å². The van der Waals surface area contributed by atoms with Crippen LogP contribution >= 0.6 is 0 Å². The summed E-state index contributed by atoms with van der Waals surface area (Å²) in [5, 5.41) is 3.64. The zero-order valence-corrected chi connectivity index (χ0v) is 15.2. The number of hydrogen-bond acceptors (Lipinski definition) is 5. The summed E-state index contributed by atoms with van der Waals surface area (Å²) in [4.78, 5) is 9.49. The first-order chi connectivity index (χ1) is 11.7. The number of ether oxygens (including phenoxy) is 1. The van der Waals surface area contributed by atoms with E-state index in [1.807, 2.05) is 6.20 Å². The fourth-order valence-corrected chi connectivity index (χ4v) is 3.64. The molecule has 2 saturated heterocycles. The van der Waals surface area contributed by atoms with Crippen LogP contribution < -0.4 is 10.2 Å². The van der Waals surface area contributed by atoms with Crippen molar-refractivity contribution in [1.29, 1.82) is 0 Å². The first-order valence-electron chi connectivity index (χ1n) is 9.52. The zero-order chi connectivity index (χ0) is 16.8. The van der Waals surface area contributed by atoms with Crippen molar-refractivity contribution in [2.75, 3.05) is 44.2 Å². The predicted molar refractivity (Wildman–Crippen MR) is 98.5 cm³/mol. The van der Waals surface area contributed by atoms with Gasteiger partial charge in [0.05, 0.1) is 6.10 Å². The van der Waals surface area contributed by atoms with Crippen LogP contribution in [0.2, 0.25) is 0 Å². The van der Waals surface area contributed by atoms with E-state index in [1.165, 1.54) is 18.4 Å². The van der Waals surface area contributed by atoms with Crippen molar-refractivity contribution < 1.29 is 4.74 Å². The van der Waals surface area contributed by atoms with E-state index in [-0.39, 0.29) is 0 Å². The van der Waals surface area contributed by atoms with Gasteiger partial charge in [-0.15, -0.1) is 0 Å². The quantitative estimate of drug-likeness (QED) is 0.829. The molecule has 3 heterocycles. The Balaban J connectivity index is 1.48. The number of pyridine rings is 1. The van der Waals surface area contributed by atoms with Crippen LogP contribution in [-0.2, 0) is 11.3 Å². The van der Waals surface area contributed by atoms with Crippen LogP contribution in [0.4, 0.5) is 5.82 Å². The van der Waals surface area contributed by atoms with E-state index in [1.54, 1.807) is 0 Å². The largest absolute Gasteiger partial charge is 0.378 e.